The zero-order chi connectivity index (χ0) is 19.4. The van der Waals surface area contributed by atoms with Gasteiger partial charge in [-0.05, 0) is 29.8 Å². The fourth-order valence-corrected chi connectivity index (χ4v) is 2.64. The number of pyridine rings is 1. The van der Waals surface area contributed by atoms with E-state index in [4.69, 9.17) is 5.11 Å². The van der Waals surface area contributed by atoms with Crippen LogP contribution in [0.15, 0.2) is 60.7 Å². The quantitative estimate of drug-likeness (QED) is 0.618. The smallest absolute Gasteiger partial charge is 0.335 e. The van der Waals surface area contributed by atoms with Crippen LogP contribution in [0.1, 0.15) is 26.4 Å². The Morgan fingerprint density at radius 3 is 2.30 bits per heavy atom. The molecular weight excluding hydrogens is 348 g/mol. The number of carbonyl (C=O) groups excluding carboxylic acids is 1. The van der Waals surface area contributed by atoms with Crippen LogP contribution in [0.3, 0.4) is 0 Å². The highest BCUT2D eigenvalue weighted by Gasteiger charge is 2.22. The second-order valence-corrected chi connectivity index (χ2v) is 5.96. The SMILES string of the molecule is O=C(O)c1ccc(C[C@H](NC(=O)c2ccc3ccccc3n2)C(=O)O)cc1. The first-order chi connectivity index (χ1) is 12.9. The van der Waals surface area contributed by atoms with E-state index in [0.717, 1.165) is 5.39 Å². The summed E-state index contributed by atoms with van der Waals surface area (Å²) in [5.41, 5.74) is 1.47. The number of carbonyl (C=O) groups is 3. The van der Waals surface area contributed by atoms with Crippen molar-refractivity contribution in [3.8, 4) is 0 Å². The summed E-state index contributed by atoms with van der Waals surface area (Å²) in [6.07, 6.45) is 0.0224. The number of nitrogens with one attached hydrogen (secondary N) is 1. The standard InChI is InChI=1S/C20H16N2O5/c23-18(16-10-9-13-3-1-2-4-15(13)21-16)22-17(20(26)27)11-12-5-7-14(8-6-12)19(24)25/h1-10,17H,11H2,(H,22,23)(H,24,25)(H,26,27)/t17-/m0/s1. The number of carboxylic acid groups (broad SMARTS) is 2. The highest BCUT2D eigenvalue weighted by Crippen LogP contribution is 2.12. The average molecular weight is 364 g/mol. The van der Waals surface area contributed by atoms with Crippen molar-refractivity contribution in [2.75, 3.05) is 0 Å². The lowest BCUT2D eigenvalue weighted by Gasteiger charge is -2.14. The van der Waals surface area contributed by atoms with Crippen molar-refractivity contribution in [2.24, 2.45) is 0 Å². The Morgan fingerprint density at radius 1 is 0.926 bits per heavy atom. The first kappa shape index (κ1) is 18.1. The summed E-state index contributed by atoms with van der Waals surface area (Å²) in [6.45, 7) is 0. The van der Waals surface area contributed by atoms with Gasteiger partial charge in [-0.1, -0.05) is 36.4 Å². The molecule has 0 radical (unpaired) electrons. The second kappa shape index (κ2) is 7.65. The third kappa shape index (κ3) is 4.27. The van der Waals surface area contributed by atoms with Crippen molar-refractivity contribution in [1.82, 2.24) is 10.3 Å². The van der Waals surface area contributed by atoms with Gasteiger partial charge in [0.15, 0.2) is 0 Å². The van der Waals surface area contributed by atoms with Gasteiger partial charge in [0.25, 0.3) is 5.91 Å². The monoisotopic (exact) mass is 364 g/mol. The predicted octanol–water partition coefficient (Wildman–Crippen LogP) is 2.36. The highest BCUT2D eigenvalue weighted by molar-refractivity contribution is 5.97. The van der Waals surface area contributed by atoms with Crippen molar-refractivity contribution in [3.63, 3.8) is 0 Å². The van der Waals surface area contributed by atoms with Crippen LogP contribution in [0.2, 0.25) is 0 Å². The molecule has 27 heavy (non-hydrogen) atoms. The lowest BCUT2D eigenvalue weighted by atomic mass is 10.0. The molecule has 0 aliphatic heterocycles. The summed E-state index contributed by atoms with van der Waals surface area (Å²) in [7, 11) is 0. The molecule has 0 spiro atoms. The number of aliphatic carboxylic acids is 1. The van der Waals surface area contributed by atoms with Crippen LogP contribution in [0.5, 0.6) is 0 Å². The van der Waals surface area contributed by atoms with Gasteiger partial charge in [-0.2, -0.15) is 0 Å². The van der Waals surface area contributed by atoms with E-state index in [2.05, 4.69) is 10.3 Å². The second-order valence-electron chi connectivity index (χ2n) is 5.96. The van der Waals surface area contributed by atoms with Crippen LogP contribution in [0.4, 0.5) is 0 Å². The third-order valence-electron chi connectivity index (χ3n) is 4.08. The minimum atomic E-state index is -1.19. The van der Waals surface area contributed by atoms with E-state index in [-0.39, 0.29) is 17.7 Å². The molecular formula is C20H16N2O5. The molecule has 1 amide bonds. The summed E-state index contributed by atoms with van der Waals surface area (Å²) < 4.78 is 0. The van der Waals surface area contributed by atoms with Crippen molar-refractivity contribution >= 4 is 28.7 Å². The molecule has 7 heteroatoms. The van der Waals surface area contributed by atoms with E-state index in [1.807, 2.05) is 12.1 Å². The molecule has 0 aliphatic rings. The first-order valence-corrected chi connectivity index (χ1v) is 8.16. The van der Waals surface area contributed by atoms with E-state index < -0.39 is 23.9 Å². The summed E-state index contributed by atoms with van der Waals surface area (Å²) >= 11 is 0. The summed E-state index contributed by atoms with van der Waals surface area (Å²) in [4.78, 5) is 39.1. The molecule has 1 heterocycles. The number of hydrogen-bond acceptors (Lipinski definition) is 4. The molecule has 1 aromatic heterocycles. The highest BCUT2D eigenvalue weighted by atomic mass is 16.4. The van der Waals surface area contributed by atoms with E-state index in [0.29, 0.717) is 11.1 Å². The lowest BCUT2D eigenvalue weighted by molar-refractivity contribution is -0.139. The molecule has 3 aromatic rings. The van der Waals surface area contributed by atoms with Gasteiger partial charge in [0, 0.05) is 11.8 Å². The van der Waals surface area contributed by atoms with E-state index in [9.17, 15) is 19.5 Å². The van der Waals surface area contributed by atoms with Crippen LogP contribution in [-0.4, -0.2) is 39.1 Å². The Bertz CT molecular complexity index is 1010. The zero-order valence-corrected chi connectivity index (χ0v) is 14.1. The maximum absolute atomic E-state index is 12.4. The molecule has 0 saturated heterocycles. The molecule has 0 bridgehead atoms. The van der Waals surface area contributed by atoms with Gasteiger partial charge in [-0.15, -0.1) is 0 Å². The largest absolute Gasteiger partial charge is 0.480 e. The molecule has 3 rings (SSSR count). The molecule has 1 atom stereocenters. The molecule has 0 unspecified atom stereocenters. The van der Waals surface area contributed by atoms with Gasteiger partial charge in [-0.3, -0.25) is 4.79 Å². The number of aromatic carboxylic acids is 1. The van der Waals surface area contributed by atoms with Crippen LogP contribution >= 0.6 is 0 Å². The van der Waals surface area contributed by atoms with Crippen molar-refractivity contribution < 1.29 is 24.6 Å². The van der Waals surface area contributed by atoms with Crippen molar-refractivity contribution in [3.05, 3.63) is 77.5 Å². The maximum atomic E-state index is 12.4. The number of rotatable bonds is 6. The molecule has 0 fully saturated rings. The summed E-state index contributed by atoms with van der Waals surface area (Å²) in [5, 5.41) is 21.7. The fraction of sp³-hybridized carbons (Fsp3) is 0.100. The average Bonchev–Trinajstić information content (AvgIpc) is 2.67. The fourth-order valence-electron chi connectivity index (χ4n) is 2.64. The molecule has 0 saturated carbocycles. The summed E-state index contributed by atoms with van der Waals surface area (Å²) in [6, 6.07) is 15.3. The van der Waals surface area contributed by atoms with Crippen LogP contribution in [0, 0.1) is 0 Å². The number of aromatic nitrogens is 1. The van der Waals surface area contributed by atoms with Gasteiger partial charge in [0.05, 0.1) is 11.1 Å². The number of benzene rings is 2. The summed E-state index contributed by atoms with van der Waals surface area (Å²) in [5.74, 6) is -2.84. The Kier molecular flexibility index (Phi) is 5.12. The minimum absolute atomic E-state index is 0.0224. The van der Waals surface area contributed by atoms with Gasteiger partial charge in [0.2, 0.25) is 0 Å². The van der Waals surface area contributed by atoms with Crippen molar-refractivity contribution in [2.45, 2.75) is 12.5 Å². The molecule has 0 aliphatic carbocycles. The van der Waals surface area contributed by atoms with E-state index in [1.165, 1.54) is 30.3 Å². The normalized spacial score (nSPS) is 11.7. The van der Waals surface area contributed by atoms with Gasteiger partial charge in [-0.25, -0.2) is 14.6 Å². The Hall–Kier alpha value is -3.74. The van der Waals surface area contributed by atoms with E-state index >= 15 is 0 Å². The van der Waals surface area contributed by atoms with Gasteiger partial charge in [0.1, 0.15) is 11.7 Å². The number of fused-ring (bicyclic) bond motifs is 1. The van der Waals surface area contributed by atoms with Gasteiger partial charge < -0.3 is 15.5 Å². The maximum Gasteiger partial charge on any atom is 0.335 e. The minimum Gasteiger partial charge on any atom is -0.480 e. The first-order valence-electron chi connectivity index (χ1n) is 8.16. The third-order valence-corrected chi connectivity index (χ3v) is 4.08. The molecule has 7 nitrogen and oxygen atoms in total. The van der Waals surface area contributed by atoms with Crippen LogP contribution < -0.4 is 5.32 Å². The topological polar surface area (TPSA) is 117 Å². The predicted molar refractivity (Wildman–Crippen MR) is 97.7 cm³/mol. The molecule has 2 aromatic carbocycles. The Balaban J connectivity index is 1.75. The van der Waals surface area contributed by atoms with Gasteiger partial charge >= 0.3 is 11.9 Å². The number of carboxylic acids is 2. The zero-order valence-electron chi connectivity index (χ0n) is 14.1. The Morgan fingerprint density at radius 2 is 1.63 bits per heavy atom. The van der Waals surface area contributed by atoms with Crippen molar-refractivity contribution in [1.29, 1.82) is 0 Å². The number of para-hydroxylation sites is 1. The lowest BCUT2D eigenvalue weighted by Crippen LogP contribution is -2.42. The number of amides is 1. The van der Waals surface area contributed by atoms with Crippen LogP contribution in [0.25, 0.3) is 10.9 Å². The van der Waals surface area contributed by atoms with Crippen LogP contribution in [-0.2, 0) is 11.2 Å². The van der Waals surface area contributed by atoms with E-state index in [1.54, 1.807) is 18.2 Å². The molecule has 3 N–H and O–H groups in total. The Labute approximate surface area is 154 Å². The number of hydrogen-bond donors (Lipinski definition) is 3. The molecule has 136 valence electrons. The number of nitrogens with zero attached hydrogens (tertiary/aromatic N) is 1.